The van der Waals surface area contributed by atoms with Crippen LogP contribution in [0.4, 0.5) is 0 Å². The zero-order valence-corrected chi connectivity index (χ0v) is 14.4. The molecular weight excluding hydrogens is 385 g/mol. The molecule has 0 amide bonds. The maximum absolute atomic E-state index is 6.24. The van der Waals surface area contributed by atoms with Crippen molar-refractivity contribution in [1.82, 2.24) is 0 Å². The third-order valence-corrected chi connectivity index (χ3v) is 4.79. The molecule has 0 atom stereocenters. The van der Waals surface area contributed by atoms with Crippen LogP contribution in [0.1, 0.15) is 0 Å². The molecule has 0 N–H and O–H groups in total. The Labute approximate surface area is 146 Å². The fraction of sp³-hybridized carbons (Fsp3) is 0.0769. The van der Waals surface area contributed by atoms with Gasteiger partial charge in [-0.3, -0.25) is 0 Å². The predicted octanol–water partition coefficient (Wildman–Crippen LogP) is 7.28. The molecule has 106 valence electrons. The predicted molar refractivity (Wildman–Crippen MR) is 88.5 cm³/mol. The zero-order valence-electron chi connectivity index (χ0n) is 9.91. The SMILES string of the molecule is COc1c(Cl)cc(-c2cc(Cl)c(Cl)cc2Cl)c(Cl)c1Cl. The van der Waals surface area contributed by atoms with Crippen LogP contribution < -0.4 is 4.74 Å². The number of rotatable bonds is 2. The van der Waals surface area contributed by atoms with Crippen LogP contribution in [0.5, 0.6) is 5.75 Å². The summed E-state index contributed by atoms with van der Waals surface area (Å²) in [6.45, 7) is 0. The Bertz CT molecular complexity index is 683. The molecule has 0 bridgehead atoms. The van der Waals surface area contributed by atoms with Gasteiger partial charge in [-0.05, 0) is 18.2 Å². The van der Waals surface area contributed by atoms with Gasteiger partial charge in [-0.25, -0.2) is 0 Å². The molecule has 0 spiro atoms. The Morgan fingerprint density at radius 1 is 0.650 bits per heavy atom. The Hall–Kier alpha value is -0.0200. The van der Waals surface area contributed by atoms with E-state index in [9.17, 15) is 0 Å². The van der Waals surface area contributed by atoms with Crippen LogP contribution in [0, 0.1) is 0 Å². The Morgan fingerprint density at radius 3 is 1.80 bits per heavy atom. The van der Waals surface area contributed by atoms with Gasteiger partial charge in [0.15, 0.2) is 5.75 Å². The smallest absolute Gasteiger partial charge is 0.157 e. The first-order valence-corrected chi connectivity index (χ1v) is 7.50. The lowest BCUT2D eigenvalue weighted by molar-refractivity contribution is 0.415. The minimum Gasteiger partial charge on any atom is -0.494 e. The molecule has 2 aromatic rings. The highest BCUT2D eigenvalue weighted by molar-refractivity contribution is 6.47. The summed E-state index contributed by atoms with van der Waals surface area (Å²) in [5.41, 5.74) is 1.13. The third-order valence-electron chi connectivity index (χ3n) is 2.62. The molecule has 0 fully saturated rings. The summed E-state index contributed by atoms with van der Waals surface area (Å²) in [5.74, 6) is 0.304. The molecule has 0 radical (unpaired) electrons. The van der Waals surface area contributed by atoms with E-state index in [4.69, 9.17) is 74.3 Å². The van der Waals surface area contributed by atoms with Crippen molar-refractivity contribution in [2.45, 2.75) is 0 Å². The number of methoxy groups -OCH3 is 1. The lowest BCUT2D eigenvalue weighted by Gasteiger charge is -2.13. The van der Waals surface area contributed by atoms with Gasteiger partial charge in [0.05, 0.1) is 32.2 Å². The van der Waals surface area contributed by atoms with Gasteiger partial charge >= 0.3 is 0 Å². The van der Waals surface area contributed by atoms with E-state index in [0.717, 1.165) is 0 Å². The van der Waals surface area contributed by atoms with Crippen molar-refractivity contribution in [2.75, 3.05) is 7.11 Å². The van der Waals surface area contributed by atoms with Crippen molar-refractivity contribution in [1.29, 1.82) is 0 Å². The first kappa shape index (κ1) is 16.4. The molecule has 0 aliphatic heterocycles. The molecule has 20 heavy (non-hydrogen) atoms. The third kappa shape index (κ3) is 2.94. The largest absolute Gasteiger partial charge is 0.494 e. The van der Waals surface area contributed by atoms with E-state index in [1.54, 1.807) is 12.1 Å². The van der Waals surface area contributed by atoms with E-state index < -0.39 is 0 Å². The summed E-state index contributed by atoms with van der Waals surface area (Å²) in [4.78, 5) is 0. The quantitative estimate of drug-likeness (QED) is 0.489. The molecule has 0 aliphatic rings. The molecule has 0 heterocycles. The highest BCUT2D eigenvalue weighted by Gasteiger charge is 2.19. The summed E-state index contributed by atoms with van der Waals surface area (Å²) < 4.78 is 5.09. The first-order chi connectivity index (χ1) is 9.36. The molecule has 0 unspecified atom stereocenters. The van der Waals surface area contributed by atoms with Gasteiger partial charge in [-0.2, -0.15) is 0 Å². The monoisotopic (exact) mass is 388 g/mol. The molecule has 1 nitrogen and oxygen atoms in total. The average molecular weight is 391 g/mol. The highest BCUT2D eigenvalue weighted by atomic mass is 35.5. The lowest BCUT2D eigenvalue weighted by Crippen LogP contribution is -1.90. The van der Waals surface area contributed by atoms with Gasteiger partial charge in [-0.1, -0.05) is 69.6 Å². The fourth-order valence-corrected chi connectivity index (χ4v) is 3.19. The van der Waals surface area contributed by atoms with Gasteiger partial charge in [0.1, 0.15) is 5.02 Å². The Balaban J connectivity index is 2.74. The summed E-state index contributed by atoms with van der Waals surface area (Å²) in [6, 6.07) is 4.75. The van der Waals surface area contributed by atoms with Gasteiger partial charge in [-0.15, -0.1) is 0 Å². The van der Waals surface area contributed by atoms with E-state index in [2.05, 4.69) is 0 Å². The number of benzene rings is 2. The van der Waals surface area contributed by atoms with E-state index >= 15 is 0 Å². The van der Waals surface area contributed by atoms with Crippen LogP contribution in [0.2, 0.25) is 30.1 Å². The van der Waals surface area contributed by atoms with E-state index in [1.165, 1.54) is 13.2 Å². The number of ether oxygens (including phenoxy) is 1. The van der Waals surface area contributed by atoms with Gasteiger partial charge < -0.3 is 4.74 Å². The van der Waals surface area contributed by atoms with Crippen molar-refractivity contribution in [3.05, 3.63) is 48.3 Å². The van der Waals surface area contributed by atoms with E-state index in [1.807, 2.05) is 0 Å². The number of halogens is 6. The van der Waals surface area contributed by atoms with Crippen LogP contribution in [-0.4, -0.2) is 7.11 Å². The summed E-state index contributed by atoms with van der Waals surface area (Å²) >= 11 is 36.6. The average Bonchev–Trinajstić information content (AvgIpc) is 2.39. The van der Waals surface area contributed by atoms with E-state index in [-0.39, 0.29) is 10.0 Å². The number of hydrogen-bond acceptors (Lipinski definition) is 1. The van der Waals surface area contributed by atoms with Crippen LogP contribution in [-0.2, 0) is 0 Å². The minimum atomic E-state index is 0.207. The maximum Gasteiger partial charge on any atom is 0.157 e. The molecule has 2 aromatic carbocycles. The molecule has 0 aromatic heterocycles. The first-order valence-electron chi connectivity index (χ1n) is 5.23. The van der Waals surface area contributed by atoms with E-state index in [0.29, 0.717) is 37.0 Å². The van der Waals surface area contributed by atoms with Crippen LogP contribution in [0.15, 0.2) is 18.2 Å². The zero-order chi connectivity index (χ0) is 15.0. The second kappa shape index (κ2) is 6.39. The molecule has 0 saturated heterocycles. The number of hydrogen-bond donors (Lipinski definition) is 0. The maximum atomic E-state index is 6.24. The summed E-state index contributed by atoms with van der Waals surface area (Å²) in [5, 5.41) is 1.89. The van der Waals surface area contributed by atoms with Crippen LogP contribution >= 0.6 is 69.6 Å². The minimum absolute atomic E-state index is 0.207. The van der Waals surface area contributed by atoms with Crippen molar-refractivity contribution >= 4 is 69.6 Å². The second-order valence-corrected chi connectivity index (χ2v) is 6.20. The van der Waals surface area contributed by atoms with Crippen LogP contribution in [0.25, 0.3) is 11.1 Å². The molecule has 0 saturated carbocycles. The molecular formula is C13H6Cl6O. The van der Waals surface area contributed by atoms with Crippen LogP contribution in [0.3, 0.4) is 0 Å². The van der Waals surface area contributed by atoms with Crippen molar-refractivity contribution in [3.63, 3.8) is 0 Å². The normalized spacial score (nSPS) is 10.8. The highest BCUT2D eigenvalue weighted by Crippen LogP contribution is 2.46. The topological polar surface area (TPSA) is 9.23 Å². The lowest BCUT2D eigenvalue weighted by atomic mass is 10.1. The fourth-order valence-electron chi connectivity index (χ4n) is 1.69. The Kier molecular flexibility index (Phi) is 5.23. The molecule has 7 heteroatoms. The second-order valence-electron chi connectivity index (χ2n) is 3.81. The van der Waals surface area contributed by atoms with Gasteiger partial charge in [0, 0.05) is 11.1 Å². The Morgan fingerprint density at radius 2 is 1.20 bits per heavy atom. The molecule has 0 aliphatic carbocycles. The van der Waals surface area contributed by atoms with Crippen molar-refractivity contribution in [2.24, 2.45) is 0 Å². The van der Waals surface area contributed by atoms with Gasteiger partial charge in [0.2, 0.25) is 0 Å². The van der Waals surface area contributed by atoms with Crippen molar-refractivity contribution < 1.29 is 4.74 Å². The standard InChI is InChI=1S/C13H6Cl6O/c1-20-13-10(17)3-6(11(18)12(13)19)5-2-8(15)9(16)4-7(5)14/h2-4H,1H3. The molecule has 2 rings (SSSR count). The summed E-state index contributed by atoms with van der Waals surface area (Å²) in [6.07, 6.45) is 0. The summed E-state index contributed by atoms with van der Waals surface area (Å²) in [7, 11) is 1.45. The van der Waals surface area contributed by atoms with Gasteiger partial charge in [0.25, 0.3) is 0 Å². The van der Waals surface area contributed by atoms with Crippen molar-refractivity contribution in [3.8, 4) is 16.9 Å².